The molecule has 1 heterocycles. The number of carbonyl (C=O) groups excluding carboxylic acids is 1. The number of amides is 1. The van der Waals surface area contributed by atoms with Crippen LogP contribution in [-0.2, 0) is 26.9 Å². The van der Waals surface area contributed by atoms with E-state index in [1.165, 1.54) is 0 Å². The zero-order valence-corrected chi connectivity index (χ0v) is 20.5. The van der Waals surface area contributed by atoms with Gasteiger partial charge in [-0.15, -0.1) is 0 Å². The van der Waals surface area contributed by atoms with Crippen molar-refractivity contribution < 1.29 is 13.2 Å². The Bertz CT molecular complexity index is 1510. The number of aromatic nitrogens is 1. The lowest BCUT2D eigenvalue weighted by Gasteiger charge is -2.34. The monoisotopic (exact) mass is 506 g/mol. The van der Waals surface area contributed by atoms with Crippen molar-refractivity contribution in [1.82, 2.24) is 9.88 Å². The van der Waals surface area contributed by atoms with Crippen molar-refractivity contribution in [3.8, 4) is 6.07 Å². The van der Waals surface area contributed by atoms with Crippen LogP contribution in [0, 0.1) is 11.3 Å². The lowest BCUT2D eigenvalue weighted by atomic mass is 9.85. The van der Waals surface area contributed by atoms with Gasteiger partial charge in [-0.2, -0.15) is 5.26 Å². The number of hydrogen-bond acceptors (Lipinski definition) is 4. The van der Waals surface area contributed by atoms with E-state index in [4.69, 9.17) is 11.6 Å². The smallest absolute Gasteiger partial charge is 0.252 e. The highest BCUT2D eigenvalue weighted by molar-refractivity contribution is 7.92. The molecule has 0 saturated heterocycles. The molecule has 0 bridgehead atoms. The summed E-state index contributed by atoms with van der Waals surface area (Å²) >= 11 is 6.12. The summed E-state index contributed by atoms with van der Waals surface area (Å²) in [4.78, 5) is 13.9. The Morgan fingerprint density at radius 2 is 1.74 bits per heavy atom. The van der Waals surface area contributed by atoms with Gasteiger partial charge in [0.2, 0.25) is 10.0 Å². The molecule has 0 saturated carbocycles. The number of hydrogen-bond donors (Lipinski definition) is 2. The third kappa shape index (κ3) is 5.02. The normalized spacial score (nSPS) is 13.1. The lowest BCUT2D eigenvalue weighted by molar-refractivity contribution is -0.127. The van der Waals surface area contributed by atoms with E-state index >= 15 is 0 Å². The van der Waals surface area contributed by atoms with Crippen LogP contribution in [0.1, 0.15) is 17.5 Å². The largest absolute Gasteiger partial charge is 0.350 e. The van der Waals surface area contributed by atoms with E-state index in [1.54, 1.807) is 59.3 Å². The number of carbonyl (C=O) groups is 1. The standard InChI is InChI=1S/C26H23ClN4O3S/c1-35(33,34)30-23-8-5-9-24-22(23)14-17-31(24)26(15-16-28,20-10-12-21(27)13-11-20)25(32)29-18-19-6-3-2-4-7-19/h2-14,17,30H,15,18H2,1H3,(H,29,32). The first-order valence-corrected chi connectivity index (χ1v) is 13.0. The summed E-state index contributed by atoms with van der Waals surface area (Å²) in [5, 5.41) is 14.0. The number of fused-ring (bicyclic) bond motifs is 1. The van der Waals surface area contributed by atoms with E-state index in [-0.39, 0.29) is 18.9 Å². The molecule has 35 heavy (non-hydrogen) atoms. The highest BCUT2D eigenvalue weighted by Gasteiger charge is 2.43. The maximum atomic E-state index is 13.9. The zero-order chi connectivity index (χ0) is 25.1. The molecule has 3 aromatic carbocycles. The van der Waals surface area contributed by atoms with Crippen LogP contribution in [0.5, 0.6) is 0 Å². The minimum absolute atomic E-state index is 0.164. The van der Waals surface area contributed by atoms with Crippen molar-refractivity contribution in [1.29, 1.82) is 5.26 Å². The van der Waals surface area contributed by atoms with Gasteiger partial charge in [-0.1, -0.05) is 60.1 Å². The second-order valence-electron chi connectivity index (χ2n) is 8.17. The van der Waals surface area contributed by atoms with Gasteiger partial charge in [0.1, 0.15) is 0 Å². The Kier molecular flexibility index (Phi) is 6.83. The summed E-state index contributed by atoms with van der Waals surface area (Å²) < 4.78 is 28.0. The topological polar surface area (TPSA) is 104 Å². The van der Waals surface area contributed by atoms with Gasteiger partial charge in [-0.05, 0) is 41.5 Å². The number of rotatable bonds is 8. The van der Waals surface area contributed by atoms with Crippen molar-refractivity contribution in [2.45, 2.75) is 18.5 Å². The Morgan fingerprint density at radius 3 is 2.40 bits per heavy atom. The number of nitrogens with one attached hydrogen (secondary N) is 2. The summed E-state index contributed by atoms with van der Waals surface area (Å²) in [6, 6.07) is 25.3. The number of nitriles is 1. The van der Waals surface area contributed by atoms with E-state index in [0.29, 0.717) is 27.2 Å². The molecule has 0 spiro atoms. The Morgan fingerprint density at radius 1 is 1.03 bits per heavy atom. The average Bonchev–Trinajstić information content (AvgIpc) is 3.27. The summed E-state index contributed by atoms with van der Waals surface area (Å²) in [6.07, 6.45) is 2.61. The van der Waals surface area contributed by atoms with Crippen molar-refractivity contribution >= 4 is 44.1 Å². The van der Waals surface area contributed by atoms with Crippen molar-refractivity contribution in [3.63, 3.8) is 0 Å². The van der Waals surface area contributed by atoms with Gasteiger partial charge in [0.15, 0.2) is 5.54 Å². The van der Waals surface area contributed by atoms with Gasteiger partial charge in [0, 0.05) is 23.2 Å². The summed E-state index contributed by atoms with van der Waals surface area (Å²) in [6.45, 7) is 0.278. The van der Waals surface area contributed by atoms with E-state index < -0.39 is 15.6 Å². The van der Waals surface area contributed by atoms with Gasteiger partial charge < -0.3 is 9.88 Å². The molecule has 4 aromatic rings. The Hall–Kier alpha value is -3.80. The van der Waals surface area contributed by atoms with E-state index in [1.807, 2.05) is 30.3 Å². The highest BCUT2D eigenvalue weighted by Crippen LogP contribution is 2.37. The number of halogens is 1. The molecule has 1 aromatic heterocycles. The molecule has 0 fully saturated rings. The predicted molar refractivity (Wildman–Crippen MR) is 137 cm³/mol. The highest BCUT2D eigenvalue weighted by atomic mass is 35.5. The Balaban J connectivity index is 1.89. The first-order valence-electron chi connectivity index (χ1n) is 10.8. The predicted octanol–water partition coefficient (Wildman–Crippen LogP) is 4.64. The van der Waals surface area contributed by atoms with Crippen LogP contribution in [0.3, 0.4) is 0 Å². The molecular weight excluding hydrogens is 484 g/mol. The molecule has 9 heteroatoms. The summed E-state index contributed by atoms with van der Waals surface area (Å²) in [5.74, 6) is -0.371. The third-order valence-electron chi connectivity index (χ3n) is 5.77. The van der Waals surface area contributed by atoms with E-state index in [0.717, 1.165) is 11.8 Å². The third-order valence-corrected chi connectivity index (χ3v) is 6.61. The lowest BCUT2D eigenvalue weighted by Crippen LogP contribution is -2.49. The summed E-state index contributed by atoms with van der Waals surface area (Å²) in [5.41, 5.74) is 1.04. The fourth-order valence-corrected chi connectivity index (χ4v) is 4.90. The van der Waals surface area contributed by atoms with E-state index in [9.17, 15) is 18.5 Å². The SMILES string of the molecule is CS(=O)(=O)Nc1cccc2c1ccn2C(CC#N)(C(=O)NCc1ccccc1)c1ccc(Cl)cc1. The minimum atomic E-state index is -3.52. The van der Waals surface area contributed by atoms with Gasteiger partial charge >= 0.3 is 0 Å². The van der Waals surface area contributed by atoms with Gasteiger partial charge in [-0.3, -0.25) is 9.52 Å². The van der Waals surface area contributed by atoms with Crippen LogP contribution < -0.4 is 10.0 Å². The summed E-state index contributed by atoms with van der Waals surface area (Å²) in [7, 11) is -3.52. The molecule has 2 N–H and O–H groups in total. The van der Waals surface area contributed by atoms with Crippen LogP contribution in [-0.4, -0.2) is 25.1 Å². The molecule has 0 aliphatic carbocycles. The van der Waals surface area contributed by atoms with Crippen molar-refractivity contribution in [3.05, 3.63) is 101 Å². The number of benzene rings is 3. The van der Waals surface area contributed by atoms with Gasteiger partial charge in [0.05, 0.1) is 29.9 Å². The maximum absolute atomic E-state index is 13.9. The maximum Gasteiger partial charge on any atom is 0.252 e. The number of nitrogens with zero attached hydrogens (tertiary/aromatic N) is 2. The second kappa shape index (κ2) is 9.82. The van der Waals surface area contributed by atoms with Crippen LogP contribution in [0.15, 0.2) is 85.1 Å². The van der Waals surface area contributed by atoms with Gasteiger partial charge in [0.25, 0.3) is 5.91 Å². The quantitative estimate of drug-likeness (QED) is 0.363. The van der Waals surface area contributed by atoms with Crippen LogP contribution in [0.2, 0.25) is 5.02 Å². The number of sulfonamides is 1. The Labute approximate surface area is 209 Å². The van der Waals surface area contributed by atoms with Crippen LogP contribution in [0.4, 0.5) is 5.69 Å². The first-order chi connectivity index (χ1) is 16.7. The molecule has 1 unspecified atom stereocenters. The zero-order valence-electron chi connectivity index (χ0n) is 18.9. The van der Waals surface area contributed by atoms with Crippen LogP contribution >= 0.6 is 11.6 Å². The molecule has 1 amide bonds. The fourth-order valence-electron chi connectivity index (χ4n) is 4.20. The molecule has 1 atom stereocenters. The number of anilines is 1. The molecule has 0 aliphatic heterocycles. The minimum Gasteiger partial charge on any atom is -0.350 e. The molecule has 7 nitrogen and oxygen atoms in total. The molecular formula is C26H23ClN4O3S. The fraction of sp³-hybridized carbons (Fsp3) is 0.154. The molecule has 4 rings (SSSR count). The van der Waals surface area contributed by atoms with Crippen LogP contribution in [0.25, 0.3) is 10.9 Å². The van der Waals surface area contributed by atoms with Crippen molar-refractivity contribution in [2.75, 3.05) is 11.0 Å². The first kappa shape index (κ1) is 24.3. The second-order valence-corrected chi connectivity index (χ2v) is 10.4. The molecule has 0 radical (unpaired) electrons. The van der Waals surface area contributed by atoms with E-state index in [2.05, 4.69) is 16.1 Å². The van der Waals surface area contributed by atoms with Crippen molar-refractivity contribution in [2.24, 2.45) is 0 Å². The molecule has 178 valence electrons. The molecule has 0 aliphatic rings. The average molecular weight is 507 g/mol. The van der Waals surface area contributed by atoms with Gasteiger partial charge in [-0.25, -0.2) is 8.42 Å².